The molecule has 0 fully saturated rings. The van der Waals surface area contributed by atoms with Crippen LogP contribution in [0.25, 0.3) is 0 Å². The van der Waals surface area contributed by atoms with E-state index in [4.69, 9.17) is 5.11 Å². The van der Waals surface area contributed by atoms with E-state index in [0.29, 0.717) is 5.69 Å². The molecule has 1 aliphatic carbocycles. The van der Waals surface area contributed by atoms with Crippen LogP contribution in [0.3, 0.4) is 0 Å². The highest BCUT2D eigenvalue weighted by Crippen LogP contribution is 2.18. The number of nitrogens with one attached hydrogen (secondary N) is 1. The summed E-state index contributed by atoms with van der Waals surface area (Å²) < 4.78 is 1.96. The van der Waals surface area contributed by atoms with Gasteiger partial charge in [-0.2, -0.15) is 0 Å². The van der Waals surface area contributed by atoms with Crippen LogP contribution in [-0.4, -0.2) is 28.2 Å². The molecule has 0 saturated heterocycles. The van der Waals surface area contributed by atoms with E-state index in [-0.39, 0.29) is 30.5 Å². The summed E-state index contributed by atoms with van der Waals surface area (Å²) in [5, 5.41) is 12.0. The van der Waals surface area contributed by atoms with Gasteiger partial charge in [-0.3, -0.25) is 4.79 Å². The Bertz CT molecular complexity index is 448. The molecule has 0 aromatic carbocycles. The van der Waals surface area contributed by atoms with Gasteiger partial charge >= 0.3 is 0 Å². The van der Waals surface area contributed by atoms with Crippen molar-refractivity contribution in [3.8, 4) is 0 Å². The normalized spacial score (nSPS) is 22.7. The van der Waals surface area contributed by atoms with E-state index in [1.54, 1.807) is 0 Å². The largest absolute Gasteiger partial charge is 0.396 e. The third-order valence-electron chi connectivity index (χ3n) is 3.29. The van der Waals surface area contributed by atoms with E-state index in [1.165, 1.54) is 0 Å². The van der Waals surface area contributed by atoms with Gasteiger partial charge in [-0.15, -0.1) is 0 Å². The van der Waals surface area contributed by atoms with E-state index in [2.05, 4.69) is 5.32 Å². The Balaban J connectivity index is 2.00. The van der Waals surface area contributed by atoms with E-state index in [9.17, 15) is 4.79 Å². The Morgan fingerprint density at radius 1 is 1.56 bits per heavy atom. The molecule has 2 N–H and O–H groups in total. The number of carbonyl (C=O) groups is 1. The van der Waals surface area contributed by atoms with Crippen LogP contribution >= 0.6 is 0 Å². The van der Waals surface area contributed by atoms with Gasteiger partial charge in [0.15, 0.2) is 0 Å². The zero-order chi connectivity index (χ0) is 13.1. The highest BCUT2D eigenvalue weighted by Gasteiger charge is 2.21. The third kappa shape index (κ3) is 2.64. The van der Waals surface area contributed by atoms with E-state index in [0.717, 1.165) is 6.42 Å². The standard InChI is InChI=1S/C14H20N2O2/c1-10(2)16-7-3-4-13(16)14(18)15-12-6-5-11(8-12)9-17/h3-7,10-12,17H,8-9H2,1-2H3,(H,15,18)/t11-,12+/m0/s1. The molecule has 1 aromatic heterocycles. The van der Waals surface area contributed by atoms with Gasteiger partial charge in [0.25, 0.3) is 5.91 Å². The Kier molecular flexibility index (Phi) is 3.87. The predicted molar refractivity (Wildman–Crippen MR) is 70.4 cm³/mol. The van der Waals surface area contributed by atoms with Crippen molar-refractivity contribution in [2.75, 3.05) is 6.61 Å². The van der Waals surface area contributed by atoms with Crippen molar-refractivity contribution >= 4 is 5.91 Å². The first kappa shape index (κ1) is 12.9. The van der Waals surface area contributed by atoms with Crippen LogP contribution in [0.4, 0.5) is 0 Å². The zero-order valence-corrected chi connectivity index (χ0v) is 10.8. The number of amides is 1. The van der Waals surface area contributed by atoms with Crippen molar-refractivity contribution in [2.24, 2.45) is 5.92 Å². The quantitative estimate of drug-likeness (QED) is 0.797. The summed E-state index contributed by atoms with van der Waals surface area (Å²) in [6.07, 6.45) is 6.62. The second-order valence-electron chi connectivity index (χ2n) is 5.04. The molecule has 1 aliphatic rings. The van der Waals surface area contributed by atoms with Gasteiger partial charge < -0.3 is 15.0 Å². The predicted octanol–water partition coefficient (Wildman–Crippen LogP) is 1.74. The molecular formula is C14H20N2O2. The van der Waals surface area contributed by atoms with Crippen LogP contribution in [0.2, 0.25) is 0 Å². The molecule has 2 rings (SSSR count). The van der Waals surface area contributed by atoms with Crippen molar-refractivity contribution in [3.05, 3.63) is 36.2 Å². The van der Waals surface area contributed by atoms with E-state index in [1.807, 2.05) is 48.9 Å². The summed E-state index contributed by atoms with van der Waals surface area (Å²) in [6, 6.07) is 4.02. The fourth-order valence-corrected chi connectivity index (χ4v) is 2.30. The van der Waals surface area contributed by atoms with Crippen LogP contribution in [0.15, 0.2) is 30.5 Å². The molecule has 0 radical (unpaired) electrons. The summed E-state index contributed by atoms with van der Waals surface area (Å²) in [6.45, 7) is 4.24. The Morgan fingerprint density at radius 3 is 2.94 bits per heavy atom. The Hall–Kier alpha value is -1.55. The van der Waals surface area contributed by atoms with Gasteiger partial charge in [0.05, 0.1) is 0 Å². The molecule has 1 heterocycles. The van der Waals surface area contributed by atoms with Gasteiger partial charge in [0.1, 0.15) is 5.69 Å². The lowest BCUT2D eigenvalue weighted by Gasteiger charge is -2.16. The topological polar surface area (TPSA) is 54.3 Å². The molecule has 0 unspecified atom stereocenters. The highest BCUT2D eigenvalue weighted by molar-refractivity contribution is 5.93. The fourth-order valence-electron chi connectivity index (χ4n) is 2.30. The summed E-state index contributed by atoms with van der Waals surface area (Å²) in [7, 11) is 0. The molecular weight excluding hydrogens is 228 g/mol. The van der Waals surface area contributed by atoms with Gasteiger partial charge in [-0.05, 0) is 32.4 Å². The van der Waals surface area contributed by atoms with Crippen LogP contribution in [0, 0.1) is 5.92 Å². The molecule has 1 aromatic rings. The first-order valence-electron chi connectivity index (χ1n) is 6.38. The number of aliphatic hydroxyl groups is 1. The number of carbonyl (C=O) groups excluding carboxylic acids is 1. The maximum atomic E-state index is 12.2. The number of aromatic nitrogens is 1. The number of hydrogen-bond donors (Lipinski definition) is 2. The summed E-state index contributed by atoms with van der Waals surface area (Å²) in [5.74, 6) is 0.120. The average Bonchev–Trinajstić information content (AvgIpc) is 2.96. The van der Waals surface area contributed by atoms with Crippen molar-refractivity contribution in [1.82, 2.24) is 9.88 Å². The van der Waals surface area contributed by atoms with Crippen LogP contribution in [0.5, 0.6) is 0 Å². The molecule has 0 saturated carbocycles. The molecule has 4 nitrogen and oxygen atoms in total. The van der Waals surface area contributed by atoms with Crippen LogP contribution in [-0.2, 0) is 0 Å². The van der Waals surface area contributed by atoms with E-state index >= 15 is 0 Å². The molecule has 0 aliphatic heterocycles. The Labute approximate surface area is 107 Å². The minimum absolute atomic E-state index is 0.0326. The van der Waals surface area contributed by atoms with Crippen LogP contribution < -0.4 is 5.32 Å². The maximum Gasteiger partial charge on any atom is 0.268 e. The molecule has 0 bridgehead atoms. The maximum absolute atomic E-state index is 12.2. The zero-order valence-electron chi connectivity index (χ0n) is 10.8. The number of nitrogens with zero attached hydrogens (tertiary/aromatic N) is 1. The first-order chi connectivity index (χ1) is 8.61. The van der Waals surface area contributed by atoms with Crippen molar-refractivity contribution < 1.29 is 9.90 Å². The highest BCUT2D eigenvalue weighted by atomic mass is 16.3. The minimum Gasteiger partial charge on any atom is -0.396 e. The second kappa shape index (κ2) is 5.40. The lowest BCUT2D eigenvalue weighted by Crippen LogP contribution is -2.34. The van der Waals surface area contributed by atoms with E-state index < -0.39 is 0 Å². The first-order valence-corrected chi connectivity index (χ1v) is 6.38. The average molecular weight is 248 g/mol. The van der Waals surface area contributed by atoms with Crippen LogP contribution in [0.1, 0.15) is 36.8 Å². The van der Waals surface area contributed by atoms with Gasteiger partial charge in [0.2, 0.25) is 0 Å². The molecule has 98 valence electrons. The SMILES string of the molecule is CC(C)n1cccc1C(=O)N[C@@H]1C=C[C@H](CO)C1. The monoisotopic (exact) mass is 248 g/mol. The van der Waals surface area contributed by atoms with Gasteiger partial charge in [-0.25, -0.2) is 0 Å². The number of hydrogen-bond acceptors (Lipinski definition) is 2. The Morgan fingerprint density at radius 2 is 2.33 bits per heavy atom. The molecule has 0 spiro atoms. The minimum atomic E-state index is -0.0538. The lowest BCUT2D eigenvalue weighted by molar-refractivity contribution is 0.0930. The molecule has 1 amide bonds. The molecule has 18 heavy (non-hydrogen) atoms. The van der Waals surface area contributed by atoms with Gasteiger partial charge in [0, 0.05) is 30.8 Å². The summed E-state index contributed by atoms with van der Waals surface area (Å²) >= 11 is 0. The van der Waals surface area contributed by atoms with Crippen molar-refractivity contribution in [2.45, 2.75) is 32.4 Å². The van der Waals surface area contributed by atoms with Crippen molar-refractivity contribution in [1.29, 1.82) is 0 Å². The fraction of sp³-hybridized carbons (Fsp3) is 0.500. The van der Waals surface area contributed by atoms with Gasteiger partial charge in [-0.1, -0.05) is 12.2 Å². The summed E-state index contributed by atoms with van der Waals surface area (Å²) in [4.78, 5) is 12.2. The number of aliphatic hydroxyl groups excluding tert-OH is 1. The second-order valence-corrected chi connectivity index (χ2v) is 5.04. The lowest BCUT2D eigenvalue weighted by atomic mass is 10.1. The van der Waals surface area contributed by atoms with Crippen molar-refractivity contribution in [3.63, 3.8) is 0 Å². The smallest absolute Gasteiger partial charge is 0.268 e. The third-order valence-corrected chi connectivity index (χ3v) is 3.29. The number of rotatable bonds is 4. The molecule has 4 heteroatoms. The summed E-state index contributed by atoms with van der Waals surface area (Å²) in [5.41, 5.74) is 0.686. The molecule has 2 atom stereocenters.